The molecule has 0 N–H and O–H groups in total. The number of aromatic nitrogens is 4. The van der Waals surface area contributed by atoms with E-state index < -0.39 is 11.2 Å². The normalized spacial score (nSPS) is 11.4. The van der Waals surface area contributed by atoms with Crippen molar-refractivity contribution in [2.45, 2.75) is 16.6 Å². The van der Waals surface area contributed by atoms with Crippen LogP contribution in [-0.2, 0) is 20.6 Å². The molecule has 4 aromatic rings. The van der Waals surface area contributed by atoms with Crippen LogP contribution in [0.25, 0.3) is 11.2 Å². The lowest BCUT2D eigenvalue weighted by atomic mass is 10.2. The van der Waals surface area contributed by atoms with E-state index in [0.717, 1.165) is 9.46 Å². The van der Waals surface area contributed by atoms with Gasteiger partial charge in [0.15, 0.2) is 16.3 Å². The highest BCUT2D eigenvalue weighted by Crippen LogP contribution is 2.29. The highest BCUT2D eigenvalue weighted by atomic mass is 35.5. The number of halogens is 3. The topological polar surface area (TPSA) is 61.8 Å². The highest BCUT2D eigenvalue weighted by Gasteiger charge is 2.19. The summed E-state index contributed by atoms with van der Waals surface area (Å²) < 4.78 is 4.21. The Balaban J connectivity index is 1.84. The molecule has 0 radical (unpaired) electrons. The van der Waals surface area contributed by atoms with E-state index in [1.54, 1.807) is 49.0 Å². The zero-order valence-electron chi connectivity index (χ0n) is 15.9. The number of fused-ring (bicyclic) bond motifs is 1. The van der Waals surface area contributed by atoms with Crippen molar-refractivity contribution in [2.75, 3.05) is 0 Å². The predicted octanol–water partition coefficient (Wildman–Crippen LogP) is 4.59. The maximum absolute atomic E-state index is 13.2. The minimum Gasteiger partial charge on any atom is -0.316 e. The van der Waals surface area contributed by atoms with Gasteiger partial charge < -0.3 is 4.57 Å². The molecular formula is C20H15Cl3N4O2S. The molecule has 0 aliphatic rings. The van der Waals surface area contributed by atoms with Gasteiger partial charge in [-0.2, -0.15) is 0 Å². The Morgan fingerprint density at radius 1 is 0.933 bits per heavy atom. The van der Waals surface area contributed by atoms with Crippen LogP contribution < -0.4 is 11.2 Å². The second-order valence-corrected chi connectivity index (χ2v) is 8.97. The quantitative estimate of drug-likeness (QED) is 0.428. The summed E-state index contributed by atoms with van der Waals surface area (Å²) in [6.45, 7) is 0.0300. The van der Waals surface area contributed by atoms with E-state index in [4.69, 9.17) is 34.8 Å². The first kappa shape index (κ1) is 21.1. The number of imidazole rings is 1. The Labute approximate surface area is 190 Å². The number of aryl methyl sites for hydroxylation is 2. The second-order valence-electron chi connectivity index (χ2n) is 6.65. The number of benzene rings is 2. The molecule has 0 bridgehead atoms. The van der Waals surface area contributed by atoms with Crippen molar-refractivity contribution in [3.05, 3.63) is 83.9 Å². The summed E-state index contributed by atoms with van der Waals surface area (Å²) in [5.41, 5.74) is 0.371. The third-order valence-corrected chi connectivity index (χ3v) is 6.58. The molecule has 0 fully saturated rings. The van der Waals surface area contributed by atoms with Gasteiger partial charge >= 0.3 is 5.69 Å². The van der Waals surface area contributed by atoms with Crippen LogP contribution in [0.15, 0.2) is 62.1 Å². The monoisotopic (exact) mass is 480 g/mol. The molecule has 0 saturated carbocycles. The molecule has 0 saturated heterocycles. The summed E-state index contributed by atoms with van der Waals surface area (Å²) in [5.74, 6) is 0. The van der Waals surface area contributed by atoms with Crippen LogP contribution in [0.3, 0.4) is 0 Å². The van der Waals surface area contributed by atoms with Gasteiger partial charge in [0.1, 0.15) is 0 Å². The molecule has 4 rings (SSSR count). The van der Waals surface area contributed by atoms with Crippen LogP contribution in [0.5, 0.6) is 0 Å². The average Bonchev–Trinajstić information content (AvgIpc) is 3.03. The first-order valence-corrected chi connectivity index (χ1v) is 10.7. The van der Waals surface area contributed by atoms with Crippen LogP contribution in [-0.4, -0.2) is 18.7 Å². The zero-order chi connectivity index (χ0) is 21.6. The minimum absolute atomic E-state index is 0.0300. The second kappa shape index (κ2) is 8.15. The molecule has 2 aromatic heterocycles. The van der Waals surface area contributed by atoms with E-state index in [1.807, 2.05) is 12.1 Å². The van der Waals surface area contributed by atoms with Crippen molar-refractivity contribution < 1.29 is 0 Å². The largest absolute Gasteiger partial charge is 0.332 e. The van der Waals surface area contributed by atoms with Crippen molar-refractivity contribution in [3.63, 3.8) is 0 Å². The Morgan fingerprint density at radius 2 is 1.60 bits per heavy atom. The number of rotatable bonds is 4. The number of nitrogens with zero attached hydrogens (tertiary/aromatic N) is 4. The van der Waals surface area contributed by atoms with E-state index in [0.29, 0.717) is 37.0 Å². The molecule has 2 aromatic carbocycles. The molecule has 0 atom stereocenters. The Bertz CT molecular complexity index is 1390. The van der Waals surface area contributed by atoms with Crippen molar-refractivity contribution in [2.24, 2.45) is 14.1 Å². The Hall–Kier alpha value is -2.19. The van der Waals surface area contributed by atoms with Crippen LogP contribution in [0.1, 0.15) is 5.56 Å². The van der Waals surface area contributed by atoms with Gasteiger partial charge in [-0.05, 0) is 42.0 Å². The fraction of sp³-hybridized carbons (Fsp3) is 0.150. The van der Waals surface area contributed by atoms with Gasteiger partial charge in [0.25, 0.3) is 5.56 Å². The summed E-state index contributed by atoms with van der Waals surface area (Å²) in [6, 6.07) is 12.2. The maximum Gasteiger partial charge on any atom is 0.332 e. The molecule has 0 aliphatic carbocycles. The fourth-order valence-corrected chi connectivity index (χ4v) is 4.52. The van der Waals surface area contributed by atoms with Crippen molar-refractivity contribution >= 4 is 57.7 Å². The van der Waals surface area contributed by atoms with Crippen LogP contribution in [0.2, 0.25) is 15.1 Å². The third kappa shape index (κ3) is 3.78. The molecule has 0 amide bonds. The van der Waals surface area contributed by atoms with Gasteiger partial charge in [0.2, 0.25) is 0 Å². The average molecular weight is 482 g/mol. The molecule has 30 heavy (non-hydrogen) atoms. The summed E-state index contributed by atoms with van der Waals surface area (Å²) >= 11 is 19.5. The summed E-state index contributed by atoms with van der Waals surface area (Å²) in [4.78, 5) is 31.5. The Kier molecular flexibility index (Phi) is 5.72. The van der Waals surface area contributed by atoms with Crippen LogP contribution >= 0.6 is 46.6 Å². The molecule has 0 aliphatic heterocycles. The summed E-state index contributed by atoms with van der Waals surface area (Å²) in [6.07, 6.45) is 0. The summed E-state index contributed by atoms with van der Waals surface area (Å²) in [5, 5.41) is 2.09. The van der Waals surface area contributed by atoms with E-state index in [-0.39, 0.29) is 6.54 Å². The molecule has 10 heteroatoms. The predicted molar refractivity (Wildman–Crippen MR) is 121 cm³/mol. The van der Waals surface area contributed by atoms with Crippen molar-refractivity contribution in [3.8, 4) is 0 Å². The van der Waals surface area contributed by atoms with Gasteiger partial charge in [-0.25, -0.2) is 9.78 Å². The molecule has 154 valence electrons. The van der Waals surface area contributed by atoms with Crippen molar-refractivity contribution in [1.82, 2.24) is 18.7 Å². The molecule has 2 heterocycles. The fourth-order valence-electron chi connectivity index (χ4n) is 3.08. The maximum atomic E-state index is 13.2. The highest BCUT2D eigenvalue weighted by molar-refractivity contribution is 7.99. The lowest BCUT2D eigenvalue weighted by molar-refractivity contribution is 0.655. The Morgan fingerprint density at radius 3 is 2.27 bits per heavy atom. The molecule has 6 nitrogen and oxygen atoms in total. The van der Waals surface area contributed by atoms with E-state index in [9.17, 15) is 9.59 Å². The van der Waals surface area contributed by atoms with Crippen LogP contribution in [0.4, 0.5) is 0 Å². The van der Waals surface area contributed by atoms with E-state index >= 15 is 0 Å². The third-order valence-electron chi connectivity index (χ3n) is 4.69. The van der Waals surface area contributed by atoms with E-state index in [1.165, 1.54) is 16.3 Å². The minimum atomic E-state index is -0.473. The first-order valence-electron chi connectivity index (χ1n) is 8.80. The molecular weight excluding hydrogens is 467 g/mol. The van der Waals surface area contributed by atoms with Crippen LogP contribution in [0, 0.1) is 0 Å². The standard InChI is InChI=1S/C20H15Cl3N4O2S/c1-25-16-17(24-19(25)30-14-7-5-12(21)6-8-14)26(2)20(29)27(18(16)28)10-11-3-4-13(22)9-15(11)23/h3-9H,10H2,1-2H3. The zero-order valence-corrected chi connectivity index (χ0v) is 19.0. The smallest absolute Gasteiger partial charge is 0.316 e. The molecule has 0 unspecified atom stereocenters. The van der Waals surface area contributed by atoms with Gasteiger partial charge in [-0.1, -0.05) is 52.6 Å². The van der Waals surface area contributed by atoms with Gasteiger partial charge in [0.05, 0.1) is 6.54 Å². The lowest BCUT2D eigenvalue weighted by Gasteiger charge is -2.10. The lowest BCUT2D eigenvalue weighted by Crippen LogP contribution is -2.39. The number of hydrogen-bond donors (Lipinski definition) is 0. The van der Waals surface area contributed by atoms with Gasteiger partial charge in [0, 0.05) is 34.1 Å². The van der Waals surface area contributed by atoms with E-state index in [2.05, 4.69) is 4.98 Å². The SMILES string of the molecule is Cn1c(Sc2ccc(Cl)cc2)nc2c1c(=O)n(Cc1ccc(Cl)cc1Cl)c(=O)n2C. The number of hydrogen-bond acceptors (Lipinski definition) is 4. The van der Waals surface area contributed by atoms with Gasteiger partial charge in [-0.15, -0.1) is 0 Å². The summed E-state index contributed by atoms with van der Waals surface area (Å²) in [7, 11) is 3.34. The van der Waals surface area contributed by atoms with Crippen molar-refractivity contribution in [1.29, 1.82) is 0 Å². The van der Waals surface area contributed by atoms with Gasteiger partial charge in [-0.3, -0.25) is 13.9 Å². The molecule has 0 spiro atoms. The first-order chi connectivity index (χ1) is 14.3.